The highest BCUT2D eigenvalue weighted by atomic mass is 32.2. The number of carbonyl (C=O) groups is 1. The lowest BCUT2D eigenvalue weighted by molar-refractivity contribution is -0.271. The maximum Gasteiger partial charge on any atom is 0.273 e. The highest BCUT2D eigenvalue weighted by Gasteiger charge is 2.51. The average Bonchev–Trinajstić information content (AvgIpc) is 3.25. The first kappa shape index (κ1) is 60.1. The van der Waals surface area contributed by atoms with Gasteiger partial charge in [-0.2, -0.15) is 8.42 Å². The first-order chi connectivity index (χ1) is 30.5. The minimum Gasteiger partial charge on any atom is -0.394 e. The third-order valence-electron chi connectivity index (χ3n) is 13.1. The average molecular weight is 922 g/mol. The van der Waals surface area contributed by atoms with E-state index in [1.807, 2.05) is 0 Å². The van der Waals surface area contributed by atoms with Gasteiger partial charge < -0.3 is 40.3 Å². The zero-order valence-corrected chi connectivity index (χ0v) is 41.1. The maximum atomic E-state index is 13.1. The van der Waals surface area contributed by atoms with Crippen LogP contribution in [0.1, 0.15) is 251 Å². The molecule has 7 N–H and O–H groups in total. The van der Waals surface area contributed by atoms with Crippen molar-refractivity contribution < 1.29 is 52.8 Å². The van der Waals surface area contributed by atoms with Crippen LogP contribution in [0.2, 0.25) is 0 Å². The predicted octanol–water partition coefficient (Wildman–Crippen LogP) is 10.4. The zero-order valence-electron chi connectivity index (χ0n) is 40.3. The largest absolute Gasteiger partial charge is 0.394 e. The van der Waals surface area contributed by atoms with E-state index < -0.39 is 71.4 Å². The van der Waals surface area contributed by atoms with Gasteiger partial charge in [-0.15, -0.1) is 0 Å². The van der Waals surface area contributed by atoms with Crippen molar-refractivity contribution in [3.8, 4) is 0 Å². The second-order valence-corrected chi connectivity index (χ2v) is 20.5. The molecule has 0 saturated carbocycles. The fourth-order valence-electron chi connectivity index (χ4n) is 8.95. The third kappa shape index (κ3) is 30.9. The van der Waals surface area contributed by atoms with Crippen LogP contribution in [-0.4, -0.2) is 106 Å². The van der Waals surface area contributed by atoms with Gasteiger partial charge in [0, 0.05) is 6.42 Å². The summed E-state index contributed by atoms with van der Waals surface area (Å²) in [4.78, 5) is 13.1. The molecule has 376 valence electrons. The minimum atomic E-state index is -4.98. The van der Waals surface area contributed by atoms with Gasteiger partial charge in [0.2, 0.25) is 5.91 Å². The minimum absolute atomic E-state index is 0.212. The van der Waals surface area contributed by atoms with Crippen molar-refractivity contribution in [3.05, 3.63) is 0 Å². The predicted molar refractivity (Wildman–Crippen MR) is 255 cm³/mol. The number of unbranched alkanes of at least 4 members (excludes halogenated alkanes) is 33. The molecule has 1 fully saturated rings. The lowest BCUT2D eigenvalue weighted by Gasteiger charge is -2.41. The highest BCUT2D eigenvalue weighted by Crippen LogP contribution is 2.27. The van der Waals surface area contributed by atoms with Crippen molar-refractivity contribution in [2.24, 2.45) is 0 Å². The van der Waals surface area contributed by atoms with Crippen LogP contribution in [0.15, 0.2) is 0 Å². The Balaban J connectivity index is 2.38. The molecule has 1 heterocycles. The number of nitrogens with one attached hydrogen (secondary N) is 1. The van der Waals surface area contributed by atoms with Gasteiger partial charge in [0.15, 0.2) is 6.29 Å². The Bertz CT molecular complexity index is 1150. The molecule has 1 aliphatic heterocycles. The Hall–Kier alpha value is -0.900. The van der Waals surface area contributed by atoms with E-state index in [1.165, 1.54) is 173 Å². The normalized spacial score (nSPS) is 20.8. The topological polar surface area (TPSA) is 203 Å². The molecule has 1 amide bonds. The molecular formula is C50H99NO11S. The molecule has 12 nitrogen and oxygen atoms in total. The second-order valence-electron chi connectivity index (χ2n) is 19.0. The molecular weight excluding hydrogens is 823 g/mol. The van der Waals surface area contributed by atoms with Gasteiger partial charge in [-0.25, -0.2) is 0 Å². The van der Waals surface area contributed by atoms with Gasteiger partial charge in [0.25, 0.3) is 10.1 Å². The summed E-state index contributed by atoms with van der Waals surface area (Å²) in [5.74, 6) is -0.340. The Labute approximate surface area is 385 Å². The first-order valence-corrected chi connectivity index (χ1v) is 27.8. The number of hydrogen-bond acceptors (Lipinski definition) is 10. The van der Waals surface area contributed by atoms with Gasteiger partial charge in [-0.1, -0.05) is 232 Å². The number of amides is 1. The SMILES string of the molecule is CCCCCCCCCCCCCCCCCCCCCCCCCC(=O)N[C@@H](COC1OC(CO)C(O)C(S(=O)(=O)O)C1O)[C@H](O)[C@H](O)CCCCCCCCCCCCCC. The Morgan fingerprint density at radius 2 is 0.921 bits per heavy atom. The number of carbonyl (C=O) groups excluding carboxylic acids is 1. The fraction of sp³-hybridized carbons (Fsp3) is 0.980. The van der Waals surface area contributed by atoms with Crippen molar-refractivity contribution >= 4 is 16.0 Å². The summed E-state index contributed by atoms with van der Waals surface area (Å²) >= 11 is 0. The van der Waals surface area contributed by atoms with E-state index in [9.17, 15) is 43.3 Å². The van der Waals surface area contributed by atoms with Crippen LogP contribution < -0.4 is 5.32 Å². The molecule has 13 heteroatoms. The monoisotopic (exact) mass is 922 g/mol. The Morgan fingerprint density at radius 3 is 1.27 bits per heavy atom. The molecule has 8 atom stereocenters. The fourth-order valence-corrected chi connectivity index (χ4v) is 9.96. The molecule has 1 aliphatic rings. The van der Waals surface area contributed by atoms with E-state index in [0.717, 1.165) is 38.5 Å². The molecule has 0 aliphatic carbocycles. The summed E-state index contributed by atoms with van der Waals surface area (Å²) < 4.78 is 44.7. The van der Waals surface area contributed by atoms with Crippen LogP contribution in [0.25, 0.3) is 0 Å². The van der Waals surface area contributed by atoms with Crippen molar-refractivity contribution in [3.63, 3.8) is 0 Å². The summed E-state index contributed by atoms with van der Waals surface area (Å²) in [7, 11) is -4.98. The summed E-state index contributed by atoms with van der Waals surface area (Å²) in [6.45, 7) is 3.20. The van der Waals surface area contributed by atoms with Gasteiger partial charge in [0.1, 0.15) is 29.7 Å². The lowest BCUT2D eigenvalue weighted by atomic mass is 9.99. The molecule has 0 aromatic heterocycles. The van der Waals surface area contributed by atoms with Gasteiger partial charge in [-0.3, -0.25) is 9.35 Å². The molecule has 0 aromatic carbocycles. The Kier molecular flexibility index (Phi) is 38.4. The van der Waals surface area contributed by atoms with Gasteiger partial charge in [-0.05, 0) is 12.8 Å². The molecule has 0 radical (unpaired) electrons. The lowest BCUT2D eigenvalue weighted by Crippen LogP contribution is -2.62. The zero-order chi connectivity index (χ0) is 46.4. The second kappa shape index (κ2) is 40.2. The van der Waals surface area contributed by atoms with Crippen LogP contribution >= 0.6 is 0 Å². The standard InChI is InChI=1S/C50H99NO11S/c1-3-5-7-9-11-13-15-17-18-19-20-21-22-23-24-25-26-27-29-31-33-35-37-39-45(54)51-42(41-61-50-48(57)49(63(58,59)60)47(56)44(40-52)62-50)46(55)43(53)38-36-34-32-30-28-16-14-12-10-8-6-4-2/h42-44,46-50,52-53,55-57H,3-41H2,1-2H3,(H,51,54)(H,58,59,60)/t42-,43+,44?,46-,47?,48?,49?,50?/m0/s1. The highest BCUT2D eigenvalue weighted by molar-refractivity contribution is 7.86. The molecule has 0 spiro atoms. The molecule has 63 heavy (non-hydrogen) atoms. The van der Waals surface area contributed by atoms with Gasteiger partial charge >= 0.3 is 0 Å². The molecule has 1 saturated heterocycles. The quantitative estimate of drug-likeness (QED) is 0.0226. The summed E-state index contributed by atoms with van der Waals surface area (Å²) in [6.07, 6.45) is 34.2. The van der Waals surface area contributed by atoms with E-state index in [4.69, 9.17) is 9.47 Å². The van der Waals surface area contributed by atoms with E-state index in [1.54, 1.807) is 0 Å². The summed E-state index contributed by atoms with van der Waals surface area (Å²) in [5.41, 5.74) is 0. The number of aliphatic hydroxyl groups is 5. The van der Waals surface area contributed by atoms with Crippen LogP contribution in [0.5, 0.6) is 0 Å². The summed E-state index contributed by atoms with van der Waals surface area (Å²) in [6, 6.07) is -1.13. The van der Waals surface area contributed by atoms with Crippen LogP contribution in [0.3, 0.4) is 0 Å². The number of rotatable bonds is 45. The van der Waals surface area contributed by atoms with E-state index >= 15 is 0 Å². The Morgan fingerprint density at radius 1 is 0.571 bits per heavy atom. The third-order valence-corrected chi connectivity index (χ3v) is 14.4. The van der Waals surface area contributed by atoms with E-state index in [2.05, 4.69) is 19.2 Å². The van der Waals surface area contributed by atoms with Crippen LogP contribution in [-0.2, 0) is 24.4 Å². The van der Waals surface area contributed by atoms with Crippen molar-refractivity contribution in [1.29, 1.82) is 0 Å². The maximum absolute atomic E-state index is 13.1. The van der Waals surface area contributed by atoms with E-state index in [-0.39, 0.29) is 12.3 Å². The molecule has 1 rings (SSSR count). The number of hydrogen-bond donors (Lipinski definition) is 7. The van der Waals surface area contributed by atoms with Crippen molar-refractivity contribution in [1.82, 2.24) is 5.32 Å². The number of aliphatic hydroxyl groups excluding tert-OH is 5. The van der Waals surface area contributed by atoms with E-state index in [0.29, 0.717) is 19.3 Å². The van der Waals surface area contributed by atoms with Gasteiger partial charge in [0.05, 0.1) is 25.4 Å². The first-order valence-electron chi connectivity index (χ1n) is 26.3. The summed E-state index contributed by atoms with van der Waals surface area (Å²) in [5, 5.41) is 53.5. The number of ether oxygens (including phenoxy) is 2. The molecule has 0 aromatic rings. The van der Waals surface area contributed by atoms with Crippen LogP contribution in [0, 0.1) is 0 Å². The smallest absolute Gasteiger partial charge is 0.273 e. The molecule has 5 unspecified atom stereocenters. The van der Waals surface area contributed by atoms with Crippen LogP contribution in [0.4, 0.5) is 0 Å². The van der Waals surface area contributed by atoms with Crippen molar-refractivity contribution in [2.45, 2.75) is 300 Å². The molecule has 0 bridgehead atoms. The van der Waals surface area contributed by atoms with Crippen molar-refractivity contribution in [2.75, 3.05) is 13.2 Å².